The zero-order chi connectivity index (χ0) is 14.0. The molecule has 0 saturated carbocycles. The Kier molecular flexibility index (Phi) is 3.57. The fraction of sp³-hybridized carbons (Fsp3) is 0.333. The lowest BCUT2D eigenvalue weighted by atomic mass is 10.2. The lowest BCUT2D eigenvalue weighted by Gasteiger charge is -2.03. The van der Waals surface area contributed by atoms with Gasteiger partial charge in [0.15, 0.2) is 0 Å². The van der Waals surface area contributed by atoms with Crippen LogP contribution in [0.5, 0.6) is 0 Å². The highest BCUT2D eigenvalue weighted by molar-refractivity contribution is 7.90. The molecule has 0 amide bonds. The molecule has 0 unspecified atom stereocenters. The number of carboxylic acid groups (broad SMARTS) is 1. The second-order valence-corrected chi connectivity index (χ2v) is 6.69. The van der Waals surface area contributed by atoms with E-state index in [1.807, 2.05) is 4.57 Å². The van der Waals surface area contributed by atoms with Crippen molar-refractivity contribution in [1.29, 1.82) is 0 Å². The third kappa shape index (κ3) is 3.31. The first-order chi connectivity index (χ1) is 8.87. The number of nitrogens with zero attached hydrogens (tertiary/aromatic N) is 2. The lowest BCUT2D eigenvalue weighted by molar-refractivity contribution is 0.0697. The van der Waals surface area contributed by atoms with Crippen LogP contribution in [0.1, 0.15) is 16.8 Å². The summed E-state index contributed by atoms with van der Waals surface area (Å²) in [6.07, 6.45) is 3.31. The highest BCUT2D eigenvalue weighted by Gasteiger charge is 2.08. The molecule has 1 aromatic carbocycles. The molecule has 1 aromatic heterocycles. The van der Waals surface area contributed by atoms with Crippen molar-refractivity contribution in [3.63, 3.8) is 0 Å². The third-order valence-electron chi connectivity index (χ3n) is 2.78. The van der Waals surface area contributed by atoms with Crippen LogP contribution in [0.2, 0.25) is 0 Å². The Labute approximate surface area is 110 Å². The number of carboxylic acids is 1. The maximum atomic E-state index is 11.1. The standard InChI is InChI=1S/C12H14N2O4S/c1-19(17,18)6-2-5-14-8-13-10-7-9(12(15)16)3-4-11(10)14/h3-4,7-8H,2,5-6H2,1H3,(H,15,16). The Hall–Kier alpha value is -1.89. The van der Waals surface area contributed by atoms with Crippen LogP contribution in [-0.2, 0) is 16.4 Å². The molecule has 0 aliphatic rings. The van der Waals surface area contributed by atoms with E-state index in [-0.39, 0.29) is 11.3 Å². The number of sulfone groups is 1. The van der Waals surface area contributed by atoms with Crippen LogP contribution < -0.4 is 0 Å². The summed E-state index contributed by atoms with van der Waals surface area (Å²) in [5.41, 5.74) is 1.59. The molecular weight excluding hydrogens is 268 g/mol. The quantitative estimate of drug-likeness (QED) is 0.889. The molecule has 6 nitrogen and oxygen atoms in total. The van der Waals surface area contributed by atoms with Gasteiger partial charge in [-0.1, -0.05) is 0 Å². The van der Waals surface area contributed by atoms with Gasteiger partial charge in [0.1, 0.15) is 9.84 Å². The van der Waals surface area contributed by atoms with E-state index >= 15 is 0 Å². The number of imidazole rings is 1. The first kappa shape index (κ1) is 13.5. The smallest absolute Gasteiger partial charge is 0.335 e. The Balaban J connectivity index is 2.19. The minimum Gasteiger partial charge on any atom is -0.478 e. The molecule has 0 aliphatic heterocycles. The van der Waals surface area contributed by atoms with Crippen molar-refractivity contribution in [3.05, 3.63) is 30.1 Å². The van der Waals surface area contributed by atoms with Gasteiger partial charge in [0, 0.05) is 12.8 Å². The molecule has 102 valence electrons. The van der Waals surface area contributed by atoms with Gasteiger partial charge in [-0.2, -0.15) is 0 Å². The van der Waals surface area contributed by atoms with Crippen molar-refractivity contribution >= 4 is 26.8 Å². The molecule has 0 radical (unpaired) electrons. The van der Waals surface area contributed by atoms with E-state index in [0.717, 1.165) is 5.52 Å². The Morgan fingerprint density at radius 3 is 2.79 bits per heavy atom. The lowest BCUT2D eigenvalue weighted by Crippen LogP contribution is -2.07. The number of hydrogen-bond acceptors (Lipinski definition) is 4. The SMILES string of the molecule is CS(=O)(=O)CCCn1cnc2cc(C(=O)O)ccc21. The summed E-state index contributed by atoms with van der Waals surface area (Å²) >= 11 is 0. The number of benzene rings is 1. The van der Waals surface area contributed by atoms with Gasteiger partial charge < -0.3 is 9.67 Å². The van der Waals surface area contributed by atoms with E-state index in [1.165, 1.54) is 18.4 Å². The van der Waals surface area contributed by atoms with Crippen LogP contribution in [0.3, 0.4) is 0 Å². The van der Waals surface area contributed by atoms with Crippen molar-refractivity contribution in [2.75, 3.05) is 12.0 Å². The molecule has 1 N–H and O–H groups in total. The molecule has 2 rings (SSSR count). The van der Waals surface area contributed by atoms with E-state index in [0.29, 0.717) is 18.5 Å². The van der Waals surface area contributed by atoms with E-state index in [2.05, 4.69) is 4.98 Å². The van der Waals surface area contributed by atoms with Crippen LogP contribution in [0.4, 0.5) is 0 Å². The predicted octanol–water partition coefficient (Wildman–Crippen LogP) is 1.17. The van der Waals surface area contributed by atoms with E-state index < -0.39 is 15.8 Å². The van der Waals surface area contributed by atoms with Gasteiger partial charge in [0.05, 0.1) is 28.7 Å². The summed E-state index contributed by atoms with van der Waals surface area (Å²) < 4.78 is 23.9. The maximum Gasteiger partial charge on any atom is 0.335 e. The fourth-order valence-corrected chi connectivity index (χ4v) is 2.53. The molecule has 1 heterocycles. The Morgan fingerprint density at radius 2 is 2.16 bits per heavy atom. The minimum atomic E-state index is -2.96. The van der Waals surface area contributed by atoms with Gasteiger partial charge in [0.25, 0.3) is 0 Å². The van der Waals surface area contributed by atoms with Gasteiger partial charge in [-0.3, -0.25) is 0 Å². The van der Waals surface area contributed by atoms with Crippen LogP contribution in [0.25, 0.3) is 11.0 Å². The molecule has 19 heavy (non-hydrogen) atoms. The van der Waals surface area contributed by atoms with Crippen LogP contribution in [0.15, 0.2) is 24.5 Å². The Bertz CT molecular complexity index is 718. The van der Waals surface area contributed by atoms with E-state index in [1.54, 1.807) is 12.4 Å². The molecule has 0 aliphatic carbocycles. The molecule has 0 saturated heterocycles. The molecule has 0 fully saturated rings. The third-order valence-corrected chi connectivity index (χ3v) is 3.81. The first-order valence-electron chi connectivity index (χ1n) is 5.73. The van der Waals surface area contributed by atoms with Crippen LogP contribution in [-0.4, -0.2) is 41.1 Å². The summed E-state index contributed by atoms with van der Waals surface area (Å²) in [6, 6.07) is 4.70. The van der Waals surface area contributed by atoms with E-state index in [9.17, 15) is 13.2 Å². The Morgan fingerprint density at radius 1 is 1.42 bits per heavy atom. The number of carbonyl (C=O) groups is 1. The van der Waals surface area contributed by atoms with Crippen molar-refractivity contribution in [2.24, 2.45) is 0 Å². The average molecular weight is 282 g/mol. The fourth-order valence-electron chi connectivity index (χ4n) is 1.87. The highest BCUT2D eigenvalue weighted by Crippen LogP contribution is 2.15. The number of aromatic carboxylic acids is 1. The molecule has 0 atom stereocenters. The number of hydrogen-bond donors (Lipinski definition) is 1. The van der Waals surface area contributed by atoms with Gasteiger partial charge >= 0.3 is 5.97 Å². The van der Waals surface area contributed by atoms with Crippen LogP contribution in [0, 0.1) is 0 Å². The topological polar surface area (TPSA) is 89.3 Å². The summed E-state index contributed by atoms with van der Waals surface area (Å²) in [6.45, 7) is 0.538. The molecule has 7 heteroatoms. The molecular formula is C12H14N2O4S. The minimum absolute atomic E-state index is 0.125. The summed E-state index contributed by atoms with van der Waals surface area (Å²) in [7, 11) is -2.96. The largest absolute Gasteiger partial charge is 0.478 e. The number of rotatable bonds is 5. The second kappa shape index (κ2) is 5.00. The predicted molar refractivity (Wildman–Crippen MR) is 71.0 cm³/mol. The number of aromatic nitrogens is 2. The molecule has 2 aromatic rings. The first-order valence-corrected chi connectivity index (χ1v) is 7.79. The summed E-state index contributed by atoms with van der Waals surface area (Å²) in [5, 5.41) is 8.88. The monoisotopic (exact) mass is 282 g/mol. The highest BCUT2D eigenvalue weighted by atomic mass is 32.2. The van der Waals surface area contributed by atoms with Crippen molar-refractivity contribution in [3.8, 4) is 0 Å². The average Bonchev–Trinajstić information content (AvgIpc) is 2.70. The number of aryl methyl sites for hydroxylation is 1. The van der Waals surface area contributed by atoms with E-state index in [4.69, 9.17) is 5.11 Å². The van der Waals surface area contributed by atoms with Gasteiger partial charge in [-0.25, -0.2) is 18.2 Å². The normalized spacial score (nSPS) is 11.8. The summed E-state index contributed by atoms with van der Waals surface area (Å²) in [4.78, 5) is 15.0. The summed E-state index contributed by atoms with van der Waals surface area (Å²) in [5.74, 6) is -0.867. The zero-order valence-electron chi connectivity index (χ0n) is 10.4. The van der Waals surface area contributed by atoms with Gasteiger partial charge in [-0.05, 0) is 24.6 Å². The van der Waals surface area contributed by atoms with Gasteiger partial charge in [0.2, 0.25) is 0 Å². The zero-order valence-corrected chi connectivity index (χ0v) is 11.2. The molecule has 0 spiro atoms. The van der Waals surface area contributed by atoms with Crippen molar-refractivity contribution in [1.82, 2.24) is 9.55 Å². The van der Waals surface area contributed by atoms with Crippen LogP contribution >= 0.6 is 0 Å². The van der Waals surface area contributed by atoms with Gasteiger partial charge in [-0.15, -0.1) is 0 Å². The van der Waals surface area contributed by atoms with Crippen molar-refractivity contribution < 1.29 is 18.3 Å². The second-order valence-electron chi connectivity index (χ2n) is 4.43. The molecule has 0 bridgehead atoms. The van der Waals surface area contributed by atoms with Crippen molar-refractivity contribution in [2.45, 2.75) is 13.0 Å². The maximum absolute atomic E-state index is 11.1. The number of fused-ring (bicyclic) bond motifs is 1.